The summed E-state index contributed by atoms with van der Waals surface area (Å²) in [5, 5.41) is 0. The number of H-pyrrole nitrogens is 1. The summed E-state index contributed by atoms with van der Waals surface area (Å²) in [6.45, 7) is 7.70. The summed E-state index contributed by atoms with van der Waals surface area (Å²) in [6.07, 6.45) is 0. The Labute approximate surface area is 153 Å². The Balaban J connectivity index is 2.21. The number of carbonyl (C=O) groups is 2. The maximum atomic E-state index is 13.9. The van der Waals surface area contributed by atoms with Crippen LogP contribution in [0.4, 0.5) is 4.39 Å². The highest BCUT2D eigenvalue weighted by Gasteiger charge is 2.29. The number of esters is 1. The zero-order valence-corrected chi connectivity index (χ0v) is 15.9. The second-order valence-electron chi connectivity index (χ2n) is 6.55. The van der Waals surface area contributed by atoms with E-state index in [-0.39, 0.29) is 18.2 Å². The van der Waals surface area contributed by atoms with Crippen molar-refractivity contribution >= 4 is 11.8 Å². The van der Waals surface area contributed by atoms with Crippen LogP contribution >= 0.6 is 0 Å². The lowest BCUT2D eigenvalue weighted by molar-refractivity contribution is -0.907. The zero-order chi connectivity index (χ0) is 19.4. The van der Waals surface area contributed by atoms with Gasteiger partial charge in [-0.2, -0.15) is 0 Å². The van der Waals surface area contributed by atoms with Crippen molar-refractivity contribution in [1.82, 2.24) is 4.98 Å². The molecule has 0 aliphatic carbocycles. The van der Waals surface area contributed by atoms with Crippen LogP contribution < -0.4 is 4.90 Å². The molecular formula is C20H26FN2O3+. The highest BCUT2D eigenvalue weighted by Crippen LogP contribution is 2.20. The minimum absolute atomic E-state index is 0.116. The second kappa shape index (κ2) is 8.27. The molecule has 1 heterocycles. The number of quaternary nitrogens is 1. The molecule has 0 saturated heterocycles. The van der Waals surface area contributed by atoms with Crippen molar-refractivity contribution in [3.63, 3.8) is 0 Å². The summed E-state index contributed by atoms with van der Waals surface area (Å²) in [7, 11) is 1.85. The fourth-order valence-electron chi connectivity index (χ4n) is 3.04. The predicted molar refractivity (Wildman–Crippen MR) is 97.0 cm³/mol. The number of carbonyl (C=O) groups excluding carboxylic acids is 2. The molecule has 1 unspecified atom stereocenters. The Bertz CT molecular complexity index is 813. The van der Waals surface area contributed by atoms with Crippen molar-refractivity contribution in [3.05, 3.63) is 58.2 Å². The highest BCUT2D eigenvalue weighted by atomic mass is 19.1. The van der Waals surface area contributed by atoms with Gasteiger partial charge in [0.15, 0.2) is 6.04 Å². The molecule has 0 aliphatic heterocycles. The fourth-order valence-corrected chi connectivity index (χ4v) is 3.04. The van der Waals surface area contributed by atoms with Gasteiger partial charge in [0.2, 0.25) is 5.78 Å². The summed E-state index contributed by atoms with van der Waals surface area (Å²) in [5.41, 5.74) is 2.59. The molecule has 0 bridgehead atoms. The van der Waals surface area contributed by atoms with Crippen LogP contribution in [0.5, 0.6) is 0 Å². The van der Waals surface area contributed by atoms with Crippen molar-refractivity contribution in [2.24, 2.45) is 0 Å². The first-order chi connectivity index (χ1) is 12.3. The van der Waals surface area contributed by atoms with Gasteiger partial charge in [0.1, 0.15) is 12.4 Å². The number of Topliss-reactive ketones (excluding diaryl/α,β-unsaturated/α-hetero) is 1. The largest absolute Gasteiger partial charge is 0.462 e. The lowest BCUT2D eigenvalue weighted by atomic mass is 10.0. The minimum atomic E-state index is -0.433. The van der Waals surface area contributed by atoms with Gasteiger partial charge in [-0.1, -0.05) is 18.2 Å². The number of ketones is 1. The number of aromatic amines is 1. The van der Waals surface area contributed by atoms with Gasteiger partial charge >= 0.3 is 5.97 Å². The maximum Gasteiger partial charge on any atom is 0.340 e. The number of aromatic nitrogens is 1. The van der Waals surface area contributed by atoms with Gasteiger partial charge in [0, 0.05) is 11.3 Å². The number of halogens is 1. The monoisotopic (exact) mass is 361 g/mol. The van der Waals surface area contributed by atoms with Crippen LogP contribution in [-0.2, 0) is 11.3 Å². The Morgan fingerprint density at radius 1 is 1.27 bits per heavy atom. The molecule has 5 nitrogen and oxygen atoms in total. The van der Waals surface area contributed by atoms with E-state index in [9.17, 15) is 14.0 Å². The van der Waals surface area contributed by atoms with Gasteiger partial charge in [-0.25, -0.2) is 9.18 Å². The number of benzene rings is 1. The Hall–Kier alpha value is -2.47. The number of aryl methyl sites for hydroxylation is 1. The van der Waals surface area contributed by atoms with Gasteiger partial charge in [-0.05, 0) is 39.3 Å². The number of nitrogens with one attached hydrogen (secondary N) is 2. The van der Waals surface area contributed by atoms with E-state index in [2.05, 4.69) is 4.98 Å². The Kier molecular flexibility index (Phi) is 6.32. The number of ether oxygens (including phenoxy) is 1. The molecule has 0 saturated carbocycles. The average Bonchev–Trinajstić information content (AvgIpc) is 2.90. The standard InChI is InChI=1S/C20H25FN2O3/c1-6-26-20(25)17-12(2)18(22-13(17)3)19(24)14(4)23(5)11-15-9-7-8-10-16(15)21/h7-10,14,22H,6,11H2,1-5H3/p+1/t14-/m1/s1. The van der Waals surface area contributed by atoms with Gasteiger partial charge in [0.25, 0.3) is 0 Å². The number of hydrogen-bond acceptors (Lipinski definition) is 3. The first-order valence-electron chi connectivity index (χ1n) is 8.74. The van der Waals surface area contributed by atoms with Crippen LogP contribution in [0.2, 0.25) is 0 Å². The van der Waals surface area contributed by atoms with Crippen molar-refractivity contribution in [2.75, 3.05) is 13.7 Å². The third-order valence-corrected chi connectivity index (χ3v) is 4.72. The Morgan fingerprint density at radius 2 is 1.92 bits per heavy atom. The maximum absolute atomic E-state index is 13.9. The molecule has 0 aliphatic rings. The van der Waals surface area contributed by atoms with E-state index in [1.165, 1.54) is 6.07 Å². The summed E-state index contributed by atoms with van der Waals surface area (Å²) in [6, 6.07) is 6.16. The van der Waals surface area contributed by atoms with E-state index in [0.29, 0.717) is 34.6 Å². The molecule has 2 aromatic rings. The number of hydrogen-bond donors (Lipinski definition) is 2. The predicted octanol–water partition coefficient (Wildman–Crippen LogP) is 2.23. The minimum Gasteiger partial charge on any atom is -0.462 e. The van der Waals surface area contributed by atoms with Gasteiger partial charge in [-0.3, -0.25) is 4.79 Å². The molecule has 0 amide bonds. The van der Waals surface area contributed by atoms with Crippen LogP contribution in [0.15, 0.2) is 24.3 Å². The first-order valence-corrected chi connectivity index (χ1v) is 8.74. The summed E-state index contributed by atoms with van der Waals surface area (Å²) >= 11 is 0. The lowest BCUT2D eigenvalue weighted by Crippen LogP contribution is -3.12. The van der Waals surface area contributed by atoms with Crippen molar-refractivity contribution < 1.29 is 23.6 Å². The molecule has 6 heteroatoms. The van der Waals surface area contributed by atoms with Crippen molar-refractivity contribution in [2.45, 2.75) is 40.3 Å². The second-order valence-corrected chi connectivity index (χ2v) is 6.55. The lowest BCUT2D eigenvalue weighted by Gasteiger charge is -2.21. The molecular weight excluding hydrogens is 335 g/mol. The van der Waals surface area contributed by atoms with Gasteiger partial charge in [0.05, 0.1) is 24.9 Å². The first kappa shape index (κ1) is 19.8. The van der Waals surface area contributed by atoms with Crippen LogP contribution in [0, 0.1) is 19.7 Å². The van der Waals surface area contributed by atoms with E-state index in [4.69, 9.17) is 4.74 Å². The molecule has 0 spiro atoms. The smallest absolute Gasteiger partial charge is 0.340 e. The molecule has 2 atom stereocenters. The number of likely N-dealkylation sites (N-methyl/N-ethyl adjacent to an activating group) is 1. The molecule has 1 aromatic carbocycles. The average molecular weight is 361 g/mol. The third-order valence-electron chi connectivity index (χ3n) is 4.72. The summed E-state index contributed by atoms with van der Waals surface area (Å²) in [4.78, 5) is 28.9. The summed E-state index contributed by atoms with van der Waals surface area (Å²) in [5.74, 6) is -0.824. The number of rotatable bonds is 7. The van der Waals surface area contributed by atoms with E-state index in [0.717, 1.165) is 4.90 Å². The van der Waals surface area contributed by atoms with E-state index < -0.39 is 12.0 Å². The van der Waals surface area contributed by atoms with E-state index >= 15 is 0 Å². The van der Waals surface area contributed by atoms with Crippen LogP contribution in [0.25, 0.3) is 0 Å². The highest BCUT2D eigenvalue weighted by molar-refractivity contribution is 6.03. The Morgan fingerprint density at radius 3 is 2.54 bits per heavy atom. The molecule has 0 fully saturated rings. The van der Waals surface area contributed by atoms with Crippen LogP contribution in [0.3, 0.4) is 0 Å². The zero-order valence-electron chi connectivity index (χ0n) is 15.9. The molecule has 2 N–H and O–H groups in total. The third kappa shape index (κ3) is 4.02. The topological polar surface area (TPSA) is 63.6 Å². The molecule has 1 aromatic heterocycles. The van der Waals surface area contributed by atoms with Crippen LogP contribution in [0.1, 0.15) is 51.5 Å². The van der Waals surface area contributed by atoms with Crippen molar-refractivity contribution in [1.29, 1.82) is 0 Å². The van der Waals surface area contributed by atoms with Crippen LogP contribution in [-0.4, -0.2) is 36.4 Å². The molecule has 2 rings (SSSR count). The van der Waals surface area contributed by atoms with E-state index in [1.54, 1.807) is 45.9 Å². The van der Waals surface area contributed by atoms with Gasteiger partial charge in [-0.15, -0.1) is 0 Å². The van der Waals surface area contributed by atoms with E-state index in [1.807, 2.05) is 7.05 Å². The SMILES string of the molecule is CCOC(=O)c1c(C)[nH]c(C(=O)[C@@H](C)[NH+](C)Cc2ccccc2F)c1C. The molecule has 140 valence electrons. The molecule has 26 heavy (non-hydrogen) atoms. The normalized spacial score (nSPS) is 13.3. The van der Waals surface area contributed by atoms with Gasteiger partial charge < -0.3 is 14.6 Å². The fraction of sp³-hybridized carbons (Fsp3) is 0.400. The molecule has 0 radical (unpaired) electrons. The van der Waals surface area contributed by atoms with Crippen molar-refractivity contribution in [3.8, 4) is 0 Å². The quantitative estimate of drug-likeness (QED) is 0.587. The summed E-state index contributed by atoms with van der Waals surface area (Å²) < 4.78 is 18.9.